The van der Waals surface area contributed by atoms with Crippen LogP contribution in [0.5, 0.6) is 11.5 Å². The minimum absolute atomic E-state index is 0.307. The van der Waals surface area contributed by atoms with Crippen molar-refractivity contribution in [1.29, 1.82) is 0 Å². The summed E-state index contributed by atoms with van der Waals surface area (Å²) in [6, 6.07) is 17.0. The van der Waals surface area contributed by atoms with Crippen molar-refractivity contribution in [3.63, 3.8) is 0 Å². The minimum atomic E-state index is -4.50. The Morgan fingerprint density at radius 2 is 1.00 bits per heavy atom. The Morgan fingerprint density at radius 3 is 1.30 bits per heavy atom. The lowest BCUT2D eigenvalue weighted by Gasteiger charge is -2.23. The number of nitrogens with zero attached hydrogens (tertiary/aromatic N) is 2. The van der Waals surface area contributed by atoms with Gasteiger partial charge in [-0.05, 0) is 53.6 Å². The number of carboxylic acids is 2. The van der Waals surface area contributed by atoms with Gasteiger partial charge >= 0.3 is 11.9 Å². The highest BCUT2D eigenvalue weighted by molar-refractivity contribution is 7.90. The molecule has 14 heteroatoms. The lowest BCUT2D eigenvalue weighted by Crippen LogP contribution is -2.36. The molecule has 214 valence electrons. The molecule has 3 rings (SSSR count). The highest BCUT2D eigenvalue weighted by Gasteiger charge is 2.31. The number of rotatable bonds is 14. The van der Waals surface area contributed by atoms with E-state index < -0.39 is 54.9 Å². The zero-order chi connectivity index (χ0) is 29.5. The quantitative estimate of drug-likeness (QED) is 0.283. The van der Waals surface area contributed by atoms with Crippen LogP contribution in [-0.4, -0.2) is 74.9 Å². The van der Waals surface area contributed by atoms with Crippen LogP contribution in [-0.2, 0) is 42.7 Å². The zero-order valence-corrected chi connectivity index (χ0v) is 23.3. The lowest BCUT2D eigenvalue weighted by atomic mass is 10.2. The molecular formula is C26H28N2O10S2. The average molecular weight is 593 g/mol. The summed E-state index contributed by atoms with van der Waals surface area (Å²) in [7, 11) is -6.07. The first-order valence-corrected chi connectivity index (χ1v) is 14.5. The van der Waals surface area contributed by atoms with E-state index >= 15 is 0 Å². The largest absolute Gasteiger partial charge is 0.497 e. The standard InChI is InChI=1S/C26H28N2O10S2/c1-37-21-10-6-19(7-11-21)15-27(17-25(29)30)39(33,34)23-4-3-5-24(14-23)40(35,36)28(18-26(31)32)16-20-8-12-22(38-2)13-9-20/h3-14H,15-18H2,1-2H3,(H,29,30)(H,31,32). The molecule has 0 saturated heterocycles. The minimum Gasteiger partial charge on any atom is -0.497 e. The van der Waals surface area contributed by atoms with Crippen molar-refractivity contribution in [2.75, 3.05) is 27.3 Å². The van der Waals surface area contributed by atoms with Gasteiger partial charge in [-0.3, -0.25) is 9.59 Å². The van der Waals surface area contributed by atoms with E-state index in [4.69, 9.17) is 9.47 Å². The van der Waals surface area contributed by atoms with Crippen molar-refractivity contribution < 1.29 is 46.1 Å². The number of hydrogen-bond acceptors (Lipinski definition) is 8. The predicted octanol–water partition coefficient (Wildman–Crippen LogP) is 2.25. The number of hydrogen-bond donors (Lipinski definition) is 2. The number of ether oxygens (including phenoxy) is 2. The number of carboxylic acid groups (broad SMARTS) is 2. The molecular weight excluding hydrogens is 564 g/mol. The molecule has 0 unspecified atom stereocenters. The maximum absolute atomic E-state index is 13.5. The van der Waals surface area contributed by atoms with E-state index in [-0.39, 0.29) is 13.1 Å². The van der Waals surface area contributed by atoms with E-state index in [1.54, 1.807) is 48.5 Å². The first-order valence-electron chi connectivity index (χ1n) is 11.7. The maximum Gasteiger partial charge on any atom is 0.318 e. The molecule has 3 aromatic rings. The third-order valence-electron chi connectivity index (χ3n) is 5.74. The predicted molar refractivity (Wildman–Crippen MR) is 143 cm³/mol. The molecule has 0 aliphatic heterocycles. The third-order valence-corrected chi connectivity index (χ3v) is 9.32. The van der Waals surface area contributed by atoms with Gasteiger partial charge in [-0.2, -0.15) is 8.61 Å². The Hall–Kier alpha value is -3.98. The fourth-order valence-corrected chi connectivity index (χ4v) is 6.64. The molecule has 0 atom stereocenters. The number of sulfonamides is 2. The second kappa shape index (κ2) is 12.9. The van der Waals surface area contributed by atoms with Crippen LogP contribution >= 0.6 is 0 Å². The van der Waals surface area contributed by atoms with Gasteiger partial charge in [0.1, 0.15) is 24.6 Å². The summed E-state index contributed by atoms with van der Waals surface area (Å²) in [5.74, 6) is -1.77. The van der Waals surface area contributed by atoms with E-state index in [0.717, 1.165) is 18.2 Å². The van der Waals surface area contributed by atoms with E-state index in [2.05, 4.69) is 0 Å². The first kappa shape index (κ1) is 30.6. The van der Waals surface area contributed by atoms with Crippen molar-refractivity contribution in [3.8, 4) is 11.5 Å². The van der Waals surface area contributed by atoms with Crippen LogP contribution < -0.4 is 9.47 Å². The zero-order valence-electron chi connectivity index (χ0n) is 21.6. The van der Waals surface area contributed by atoms with Crippen LogP contribution in [0.1, 0.15) is 11.1 Å². The van der Waals surface area contributed by atoms with Crippen molar-refractivity contribution >= 4 is 32.0 Å². The maximum atomic E-state index is 13.5. The summed E-state index contributed by atoms with van der Waals surface area (Å²) in [4.78, 5) is 22.1. The van der Waals surface area contributed by atoms with E-state index in [9.17, 15) is 36.6 Å². The highest BCUT2D eigenvalue weighted by Crippen LogP contribution is 2.25. The summed E-state index contributed by atoms with van der Waals surface area (Å²) < 4.78 is 65.6. The Labute approximate surface area is 232 Å². The number of methoxy groups -OCH3 is 2. The van der Waals surface area contributed by atoms with E-state index in [0.29, 0.717) is 31.2 Å². The topological polar surface area (TPSA) is 168 Å². The molecule has 0 aromatic heterocycles. The number of benzene rings is 3. The molecule has 0 aliphatic carbocycles. The van der Waals surface area contributed by atoms with Gasteiger partial charge in [-0.15, -0.1) is 0 Å². The third kappa shape index (κ3) is 7.57. The van der Waals surface area contributed by atoms with Crippen molar-refractivity contribution in [1.82, 2.24) is 8.61 Å². The second-order valence-electron chi connectivity index (χ2n) is 8.50. The van der Waals surface area contributed by atoms with Crippen LogP contribution in [0.3, 0.4) is 0 Å². The van der Waals surface area contributed by atoms with Gasteiger partial charge < -0.3 is 19.7 Å². The summed E-state index contributed by atoms with van der Waals surface area (Å²) in [5, 5.41) is 18.8. The number of carbonyl (C=O) groups is 2. The summed E-state index contributed by atoms with van der Waals surface area (Å²) in [6.07, 6.45) is 0. The molecule has 0 heterocycles. The SMILES string of the molecule is COc1ccc(CN(CC(=O)O)S(=O)(=O)c2cccc(S(=O)(=O)N(CC(=O)O)Cc3ccc(OC)cc3)c2)cc1. The van der Waals surface area contributed by atoms with Crippen molar-refractivity contribution in [3.05, 3.63) is 83.9 Å². The molecule has 0 aliphatic rings. The van der Waals surface area contributed by atoms with Crippen LogP contribution in [0, 0.1) is 0 Å². The highest BCUT2D eigenvalue weighted by atomic mass is 32.2. The Bertz CT molecular complexity index is 1440. The Balaban J connectivity index is 1.97. The number of aliphatic carboxylic acids is 2. The van der Waals surface area contributed by atoms with E-state index in [1.165, 1.54) is 20.3 Å². The average Bonchev–Trinajstić information content (AvgIpc) is 2.92. The van der Waals surface area contributed by atoms with Gasteiger partial charge in [0, 0.05) is 13.1 Å². The van der Waals surface area contributed by atoms with Gasteiger partial charge in [0.25, 0.3) is 0 Å². The van der Waals surface area contributed by atoms with Gasteiger partial charge in [-0.1, -0.05) is 30.3 Å². The molecule has 0 radical (unpaired) electrons. The van der Waals surface area contributed by atoms with Crippen LogP contribution in [0.2, 0.25) is 0 Å². The van der Waals surface area contributed by atoms with Crippen LogP contribution in [0.4, 0.5) is 0 Å². The molecule has 40 heavy (non-hydrogen) atoms. The van der Waals surface area contributed by atoms with E-state index in [1.807, 2.05) is 0 Å². The monoisotopic (exact) mass is 592 g/mol. The molecule has 3 aromatic carbocycles. The van der Waals surface area contributed by atoms with Crippen molar-refractivity contribution in [2.45, 2.75) is 22.9 Å². The molecule has 0 spiro atoms. The lowest BCUT2D eigenvalue weighted by molar-refractivity contribution is -0.138. The summed E-state index contributed by atoms with van der Waals surface area (Å²) >= 11 is 0. The molecule has 0 saturated carbocycles. The second-order valence-corrected chi connectivity index (χ2v) is 12.4. The summed E-state index contributed by atoms with van der Waals surface area (Å²) in [5.41, 5.74) is 0.947. The normalized spacial score (nSPS) is 11.9. The Kier molecular flexibility index (Phi) is 9.87. The fourth-order valence-electron chi connectivity index (χ4n) is 3.72. The smallest absolute Gasteiger partial charge is 0.318 e. The fraction of sp³-hybridized carbons (Fsp3) is 0.231. The molecule has 2 N–H and O–H groups in total. The molecule has 0 fully saturated rings. The molecule has 12 nitrogen and oxygen atoms in total. The van der Waals surface area contributed by atoms with Gasteiger partial charge in [0.15, 0.2) is 0 Å². The van der Waals surface area contributed by atoms with Crippen LogP contribution in [0.25, 0.3) is 0 Å². The molecule has 0 bridgehead atoms. The molecule has 0 amide bonds. The van der Waals surface area contributed by atoms with Gasteiger partial charge in [0.05, 0.1) is 24.0 Å². The first-order chi connectivity index (χ1) is 18.9. The van der Waals surface area contributed by atoms with Crippen molar-refractivity contribution in [2.24, 2.45) is 0 Å². The van der Waals surface area contributed by atoms with Crippen LogP contribution in [0.15, 0.2) is 82.6 Å². The van der Waals surface area contributed by atoms with Gasteiger partial charge in [0.2, 0.25) is 20.0 Å². The Morgan fingerprint density at radius 1 is 0.650 bits per heavy atom. The summed E-state index contributed by atoms with van der Waals surface area (Å²) in [6.45, 7) is -2.38. The van der Waals surface area contributed by atoms with Gasteiger partial charge in [-0.25, -0.2) is 16.8 Å².